The number of carboxylic acid groups (broad SMARTS) is 1. The van der Waals surface area contributed by atoms with Crippen molar-refractivity contribution in [2.24, 2.45) is 0 Å². The molecule has 0 heterocycles. The molecule has 1 N–H and O–H groups in total. The summed E-state index contributed by atoms with van der Waals surface area (Å²) >= 11 is 0. The number of aliphatic carboxylic acids is 1. The SMILES string of the molecule is C#Cc1ccc(C2(CC(=O)O)CC2)cc1. The lowest BCUT2D eigenvalue weighted by Crippen LogP contribution is -2.12. The molecule has 1 fully saturated rings. The summed E-state index contributed by atoms with van der Waals surface area (Å²) < 4.78 is 0. The second-order valence-corrected chi connectivity index (χ2v) is 4.07. The van der Waals surface area contributed by atoms with Crippen LogP contribution in [0.25, 0.3) is 0 Å². The Labute approximate surface area is 88.9 Å². The molecular formula is C13H12O2. The summed E-state index contributed by atoms with van der Waals surface area (Å²) in [6.45, 7) is 0. The van der Waals surface area contributed by atoms with Crippen LogP contribution in [-0.4, -0.2) is 11.1 Å². The van der Waals surface area contributed by atoms with Crippen LogP contribution in [0.1, 0.15) is 30.4 Å². The number of rotatable bonds is 3. The van der Waals surface area contributed by atoms with Gasteiger partial charge < -0.3 is 5.11 Å². The monoisotopic (exact) mass is 200 g/mol. The first kappa shape index (κ1) is 9.79. The highest BCUT2D eigenvalue weighted by Crippen LogP contribution is 2.50. The van der Waals surface area contributed by atoms with Gasteiger partial charge in [-0.1, -0.05) is 18.1 Å². The Bertz CT molecular complexity index is 419. The average Bonchev–Trinajstić information content (AvgIpc) is 2.98. The Morgan fingerprint density at radius 3 is 2.40 bits per heavy atom. The Morgan fingerprint density at radius 1 is 1.40 bits per heavy atom. The van der Waals surface area contributed by atoms with Gasteiger partial charge in [0.15, 0.2) is 0 Å². The molecule has 1 aliphatic carbocycles. The fraction of sp³-hybridized carbons (Fsp3) is 0.308. The molecule has 0 radical (unpaired) electrons. The van der Waals surface area contributed by atoms with Crippen LogP contribution in [0.2, 0.25) is 0 Å². The van der Waals surface area contributed by atoms with Gasteiger partial charge in [-0.15, -0.1) is 6.42 Å². The Kier molecular flexibility index (Phi) is 2.24. The van der Waals surface area contributed by atoms with Gasteiger partial charge in [-0.2, -0.15) is 0 Å². The third-order valence-electron chi connectivity index (χ3n) is 3.01. The molecule has 0 atom stereocenters. The van der Waals surface area contributed by atoms with Crippen LogP contribution in [0, 0.1) is 12.3 Å². The minimum absolute atomic E-state index is 0.112. The molecule has 0 amide bonds. The van der Waals surface area contributed by atoms with Crippen molar-refractivity contribution in [3.63, 3.8) is 0 Å². The van der Waals surface area contributed by atoms with Crippen LogP contribution in [0.3, 0.4) is 0 Å². The Morgan fingerprint density at radius 2 is 2.00 bits per heavy atom. The molecule has 1 saturated carbocycles. The Balaban J connectivity index is 2.23. The van der Waals surface area contributed by atoms with Gasteiger partial charge in [-0.25, -0.2) is 0 Å². The highest BCUT2D eigenvalue weighted by molar-refractivity contribution is 5.70. The van der Waals surface area contributed by atoms with Gasteiger partial charge in [0.2, 0.25) is 0 Å². The zero-order valence-electron chi connectivity index (χ0n) is 8.36. The molecule has 0 unspecified atom stereocenters. The number of terminal acetylenes is 1. The van der Waals surface area contributed by atoms with E-state index in [0.717, 1.165) is 24.0 Å². The van der Waals surface area contributed by atoms with Gasteiger partial charge in [0.1, 0.15) is 0 Å². The van der Waals surface area contributed by atoms with E-state index >= 15 is 0 Å². The van der Waals surface area contributed by atoms with Crippen molar-refractivity contribution in [2.45, 2.75) is 24.7 Å². The third-order valence-corrected chi connectivity index (χ3v) is 3.01. The first-order valence-electron chi connectivity index (χ1n) is 4.95. The van der Waals surface area contributed by atoms with Crippen LogP contribution in [0.5, 0.6) is 0 Å². The fourth-order valence-electron chi connectivity index (χ4n) is 1.93. The van der Waals surface area contributed by atoms with E-state index in [0.29, 0.717) is 0 Å². The standard InChI is InChI=1S/C13H12O2/c1-2-10-3-5-11(6-4-10)13(7-8-13)9-12(14)15/h1,3-6H,7-9H2,(H,14,15). The van der Waals surface area contributed by atoms with Crippen LogP contribution >= 0.6 is 0 Å². The topological polar surface area (TPSA) is 37.3 Å². The highest BCUT2D eigenvalue weighted by Gasteiger charge is 2.45. The largest absolute Gasteiger partial charge is 0.481 e. The van der Waals surface area contributed by atoms with Gasteiger partial charge >= 0.3 is 5.97 Å². The number of benzene rings is 1. The predicted molar refractivity (Wildman–Crippen MR) is 57.5 cm³/mol. The zero-order valence-corrected chi connectivity index (χ0v) is 8.36. The minimum atomic E-state index is -0.728. The van der Waals surface area contributed by atoms with Crippen LogP contribution in [-0.2, 0) is 10.2 Å². The van der Waals surface area contributed by atoms with Gasteiger partial charge in [0.25, 0.3) is 0 Å². The summed E-state index contributed by atoms with van der Waals surface area (Å²) in [5.41, 5.74) is 1.83. The molecule has 2 nitrogen and oxygen atoms in total. The second kappa shape index (κ2) is 3.43. The van der Waals surface area contributed by atoms with Gasteiger partial charge in [0.05, 0.1) is 6.42 Å². The zero-order chi connectivity index (χ0) is 10.9. The molecule has 2 heteroatoms. The van der Waals surface area contributed by atoms with Crippen molar-refractivity contribution in [3.05, 3.63) is 35.4 Å². The first-order chi connectivity index (χ1) is 7.16. The molecule has 0 bridgehead atoms. The highest BCUT2D eigenvalue weighted by atomic mass is 16.4. The van der Waals surface area contributed by atoms with E-state index in [1.807, 2.05) is 24.3 Å². The predicted octanol–water partition coefficient (Wildman–Crippen LogP) is 2.17. The number of hydrogen-bond donors (Lipinski definition) is 1. The van der Waals surface area contributed by atoms with Gasteiger partial charge in [-0.3, -0.25) is 4.79 Å². The van der Waals surface area contributed by atoms with E-state index in [4.69, 9.17) is 11.5 Å². The van der Waals surface area contributed by atoms with Crippen molar-refractivity contribution in [1.29, 1.82) is 0 Å². The summed E-state index contributed by atoms with van der Waals surface area (Å²) in [5, 5.41) is 8.82. The molecule has 1 aromatic carbocycles. The maximum Gasteiger partial charge on any atom is 0.304 e. The lowest BCUT2D eigenvalue weighted by Gasteiger charge is -2.12. The van der Waals surface area contributed by atoms with Crippen molar-refractivity contribution >= 4 is 5.97 Å². The van der Waals surface area contributed by atoms with Crippen molar-refractivity contribution in [2.75, 3.05) is 0 Å². The van der Waals surface area contributed by atoms with E-state index in [1.165, 1.54) is 0 Å². The van der Waals surface area contributed by atoms with Gasteiger partial charge in [0, 0.05) is 11.0 Å². The average molecular weight is 200 g/mol. The quantitative estimate of drug-likeness (QED) is 0.759. The molecule has 76 valence electrons. The molecule has 1 aromatic rings. The summed E-state index contributed by atoms with van der Waals surface area (Å²) in [7, 11) is 0. The van der Waals surface area contributed by atoms with E-state index < -0.39 is 5.97 Å². The van der Waals surface area contributed by atoms with Crippen LogP contribution in [0.4, 0.5) is 0 Å². The Hall–Kier alpha value is -1.75. The second-order valence-electron chi connectivity index (χ2n) is 4.07. The number of carboxylic acids is 1. The first-order valence-corrected chi connectivity index (χ1v) is 4.95. The summed E-state index contributed by atoms with van der Waals surface area (Å²) in [4.78, 5) is 10.7. The summed E-state index contributed by atoms with van der Waals surface area (Å²) in [5.74, 6) is 1.82. The van der Waals surface area contributed by atoms with Crippen molar-refractivity contribution < 1.29 is 9.90 Å². The lowest BCUT2D eigenvalue weighted by atomic mass is 9.92. The van der Waals surface area contributed by atoms with E-state index in [1.54, 1.807) is 0 Å². The van der Waals surface area contributed by atoms with Crippen LogP contribution < -0.4 is 0 Å². The maximum atomic E-state index is 10.7. The lowest BCUT2D eigenvalue weighted by molar-refractivity contribution is -0.137. The normalized spacial score (nSPS) is 16.7. The van der Waals surface area contributed by atoms with E-state index in [-0.39, 0.29) is 11.8 Å². The van der Waals surface area contributed by atoms with E-state index in [2.05, 4.69) is 5.92 Å². The summed E-state index contributed by atoms with van der Waals surface area (Å²) in [6.07, 6.45) is 7.42. The van der Waals surface area contributed by atoms with Crippen LogP contribution in [0.15, 0.2) is 24.3 Å². The molecular weight excluding hydrogens is 188 g/mol. The molecule has 0 aromatic heterocycles. The number of carbonyl (C=O) groups is 1. The van der Waals surface area contributed by atoms with Gasteiger partial charge in [-0.05, 0) is 30.5 Å². The number of hydrogen-bond acceptors (Lipinski definition) is 1. The third kappa shape index (κ3) is 1.87. The minimum Gasteiger partial charge on any atom is -0.481 e. The molecule has 1 aliphatic rings. The summed E-state index contributed by atoms with van der Waals surface area (Å²) in [6, 6.07) is 7.64. The smallest absolute Gasteiger partial charge is 0.304 e. The van der Waals surface area contributed by atoms with Crippen molar-refractivity contribution in [1.82, 2.24) is 0 Å². The molecule has 0 spiro atoms. The fourth-order valence-corrected chi connectivity index (χ4v) is 1.93. The molecule has 0 saturated heterocycles. The van der Waals surface area contributed by atoms with E-state index in [9.17, 15) is 4.79 Å². The molecule has 2 rings (SSSR count). The molecule has 0 aliphatic heterocycles. The maximum absolute atomic E-state index is 10.7. The molecule has 15 heavy (non-hydrogen) atoms. The van der Waals surface area contributed by atoms with Crippen molar-refractivity contribution in [3.8, 4) is 12.3 Å².